The predicted molar refractivity (Wildman–Crippen MR) is 126 cm³/mol. The number of rotatable bonds is 9. The first kappa shape index (κ1) is 24.0. The van der Waals surface area contributed by atoms with Gasteiger partial charge in [-0.15, -0.1) is 0 Å². The second kappa shape index (κ2) is 10.4. The van der Waals surface area contributed by atoms with Gasteiger partial charge in [-0.25, -0.2) is 15.0 Å². The number of amides is 1. The fourth-order valence-electron chi connectivity index (χ4n) is 4.16. The van der Waals surface area contributed by atoms with E-state index >= 15 is 0 Å². The molecule has 0 unspecified atom stereocenters. The molecule has 11 nitrogen and oxygen atoms in total. The van der Waals surface area contributed by atoms with Crippen molar-refractivity contribution >= 4 is 22.9 Å². The number of hydrogen-bond donors (Lipinski definition) is 4. The molecular weight excluding hydrogens is 438 g/mol. The maximum absolute atomic E-state index is 12.2. The number of carbonyl (C=O) groups excluding carboxylic acids is 1. The normalized spacial score (nSPS) is 22.5. The summed E-state index contributed by atoms with van der Waals surface area (Å²) in [5.41, 5.74) is 8.99. The number of ether oxygens (including phenoxy) is 1. The van der Waals surface area contributed by atoms with E-state index in [4.69, 9.17) is 10.5 Å². The Labute approximate surface area is 197 Å². The lowest BCUT2D eigenvalue weighted by Gasteiger charge is -2.22. The molecular formula is C23H31N7O4. The number of likely N-dealkylation sites (N-methyl/N-ethyl adjacent to an activating group) is 1. The molecule has 1 saturated heterocycles. The molecule has 4 atom stereocenters. The number of hydrogen-bond acceptors (Lipinski definition) is 9. The molecule has 0 saturated carbocycles. The van der Waals surface area contributed by atoms with Crippen LogP contribution in [0, 0.1) is 6.92 Å². The van der Waals surface area contributed by atoms with E-state index in [0.717, 1.165) is 5.56 Å². The molecule has 3 aromatic rings. The molecule has 2 aromatic heterocycles. The first-order chi connectivity index (χ1) is 16.3. The largest absolute Gasteiger partial charge is 0.387 e. The minimum atomic E-state index is -1.16. The van der Waals surface area contributed by atoms with Crippen LogP contribution < -0.4 is 11.1 Å². The topological polar surface area (TPSA) is 152 Å². The third-order valence-corrected chi connectivity index (χ3v) is 6.03. The fourth-order valence-corrected chi connectivity index (χ4v) is 4.16. The Bertz CT molecular complexity index is 1140. The van der Waals surface area contributed by atoms with Gasteiger partial charge >= 0.3 is 0 Å². The zero-order valence-electron chi connectivity index (χ0n) is 19.3. The SMILES string of the molecule is Cc1cccc(CCC(=O)NCCN(C)C[C@H]2O[C@@H](n3cnc4c(N)ncnc43)[C@H](O)[C@@H]2O)c1. The van der Waals surface area contributed by atoms with Crippen LogP contribution in [0.25, 0.3) is 11.2 Å². The lowest BCUT2D eigenvalue weighted by Crippen LogP contribution is -2.41. The van der Waals surface area contributed by atoms with Gasteiger partial charge in [-0.05, 0) is 26.0 Å². The van der Waals surface area contributed by atoms with Gasteiger partial charge in [-0.2, -0.15) is 0 Å². The Kier molecular flexibility index (Phi) is 7.37. The third-order valence-electron chi connectivity index (χ3n) is 6.03. The number of benzene rings is 1. The Morgan fingerprint density at radius 2 is 2.09 bits per heavy atom. The molecule has 11 heteroatoms. The van der Waals surface area contributed by atoms with Gasteiger partial charge in [-0.3, -0.25) is 9.36 Å². The van der Waals surface area contributed by atoms with Crippen molar-refractivity contribution in [1.82, 2.24) is 29.7 Å². The number of anilines is 1. The van der Waals surface area contributed by atoms with Gasteiger partial charge in [0.25, 0.3) is 0 Å². The molecule has 3 heterocycles. The van der Waals surface area contributed by atoms with Gasteiger partial charge in [0.2, 0.25) is 5.91 Å². The Morgan fingerprint density at radius 3 is 2.88 bits per heavy atom. The van der Waals surface area contributed by atoms with Crippen LogP contribution in [-0.4, -0.2) is 85.5 Å². The van der Waals surface area contributed by atoms with Gasteiger partial charge in [0, 0.05) is 26.1 Å². The summed E-state index contributed by atoms with van der Waals surface area (Å²) in [7, 11) is 1.87. The highest BCUT2D eigenvalue weighted by Gasteiger charge is 2.44. The molecule has 34 heavy (non-hydrogen) atoms. The van der Waals surface area contributed by atoms with Crippen LogP contribution in [0.1, 0.15) is 23.8 Å². The van der Waals surface area contributed by atoms with E-state index in [1.807, 2.05) is 37.1 Å². The van der Waals surface area contributed by atoms with Crippen molar-refractivity contribution in [3.05, 3.63) is 48.0 Å². The van der Waals surface area contributed by atoms with Crippen molar-refractivity contribution in [3.8, 4) is 0 Å². The molecule has 0 aliphatic carbocycles. The number of nitrogens with one attached hydrogen (secondary N) is 1. The van der Waals surface area contributed by atoms with Gasteiger partial charge in [0.05, 0.1) is 6.33 Å². The predicted octanol–water partition coefficient (Wildman–Crippen LogP) is 0.0169. The highest BCUT2D eigenvalue weighted by Crippen LogP contribution is 2.32. The number of fused-ring (bicyclic) bond motifs is 1. The van der Waals surface area contributed by atoms with Crippen LogP contribution >= 0.6 is 0 Å². The molecule has 1 aliphatic heterocycles. The molecule has 1 aliphatic rings. The van der Waals surface area contributed by atoms with Gasteiger partial charge < -0.3 is 30.9 Å². The number of aliphatic hydroxyl groups is 2. The van der Waals surface area contributed by atoms with Crippen LogP contribution in [0.4, 0.5) is 5.82 Å². The monoisotopic (exact) mass is 469 g/mol. The summed E-state index contributed by atoms with van der Waals surface area (Å²) in [6.07, 6.45) is 0.180. The summed E-state index contributed by atoms with van der Waals surface area (Å²) in [4.78, 5) is 26.4. The molecule has 0 spiro atoms. The van der Waals surface area contributed by atoms with E-state index in [-0.39, 0.29) is 11.7 Å². The summed E-state index contributed by atoms with van der Waals surface area (Å²) >= 11 is 0. The fraction of sp³-hybridized carbons (Fsp3) is 0.478. The summed E-state index contributed by atoms with van der Waals surface area (Å²) < 4.78 is 7.52. The van der Waals surface area contributed by atoms with Crippen LogP contribution in [0.15, 0.2) is 36.9 Å². The molecule has 5 N–H and O–H groups in total. The molecule has 0 radical (unpaired) electrons. The van der Waals surface area contributed by atoms with E-state index in [9.17, 15) is 15.0 Å². The zero-order chi connectivity index (χ0) is 24.2. The smallest absolute Gasteiger partial charge is 0.220 e. The van der Waals surface area contributed by atoms with E-state index in [1.165, 1.54) is 18.2 Å². The van der Waals surface area contributed by atoms with Crippen LogP contribution in [-0.2, 0) is 16.0 Å². The van der Waals surface area contributed by atoms with Crippen molar-refractivity contribution in [3.63, 3.8) is 0 Å². The Balaban J connectivity index is 1.25. The third kappa shape index (κ3) is 5.33. The van der Waals surface area contributed by atoms with Crippen molar-refractivity contribution < 1.29 is 19.7 Å². The second-order valence-corrected chi connectivity index (χ2v) is 8.73. The number of nitrogen functional groups attached to an aromatic ring is 1. The average Bonchev–Trinajstić information content (AvgIpc) is 3.35. The van der Waals surface area contributed by atoms with E-state index in [2.05, 4.69) is 26.3 Å². The van der Waals surface area contributed by atoms with Crippen molar-refractivity contribution in [2.24, 2.45) is 0 Å². The number of aromatic nitrogens is 4. The summed E-state index contributed by atoms with van der Waals surface area (Å²) in [6.45, 7) is 3.45. The van der Waals surface area contributed by atoms with E-state index in [0.29, 0.717) is 43.6 Å². The average molecular weight is 470 g/mol. The first-order valence-electron chi connectivity index (χ1n) is 11.3. The number of nitrogens with two attached hydrogens (primary N) is 1. The first-order valence-corrected chi connectivity index (χ1v) is 11.3. The van der Waals surface area contributed by atoms with E-state index in [1.54, 1.807) is 4.57 Å². The second-order valence-electron chi connectivity index (χ2n) is 8.73. The summed E-state index contributed by atoms with van der Waals surface area (Å²) in [5, 5.41) is 24.1. The number of aliphatic hydroxyl groups excluding tert-OH is 2. The van der Waals surface area contributed by atoms with Crippen molar-refractivity contribution in [2.75, 3.05) is 32.4 Å². The lowest BCUT2D eigenvalue weighted by molar-refractivity contribution is -0.121. The highest BCUT2D eigenvalue weighted by molar-refractivity contribution is 5.81. The van der Waals surface area contributed by atoms with Crippen LogP contribution in [0.5, 0.6) is 0 Å². The molecule has 0 bridgehead atoms. The van der Waals surface area contributed by atoms with Gasteiger partial charge in [-0.1, -0.05) is 29.8 Å². The van der Waals surface area contributed by atoms with Crippen molar-refractivity contribution in [2.45, 2.75) is 44.3 Å². The number of nitrogens with zero attached hydrogens (tertiary/aromatic N) is 5. The number of imidazole rings is 1. The maximum Gasteiger partial charge on any atom is 0.220 e. The highest BCUT2D eigenvalue weighted by atomic mass is 16.6. The molecule has 1 amide bonds. The van der Waals surface area contributed by atoms with Crippen molar-refractivity contribution in [1.29, 1.82) is 0 Å². The minimum Gasteiger partial charge on any atom is -0.387 e. The van der Waals surface area contributed by atoms with Crippen LogP contribution in [0.2, 0.25) is 0 Å². The zero-order valence-corrected chi connectivity index (χ0v) is 19.3. The van der Waals surface area contributed by atoms with E-state index < -0.39 is 24.5 Å². The molecule has 182 valence electrons. The summed E-state index contributed by atoms with van der Waals surface area (Å²) in [6, 6.07) is 8.14. The molecule has 1 aromatic carbocycles. The van der Waals surface area contributed by atoms with Gasteiger partial charge in [0.1, 0.15) is 30.2 Å². The number of carbonyl (C=O) groups is 1. The maximum atomic E-state index is 12.2. The quantitative estimate of drug-likeness (QED) is 0.340. The lowest BCUT2D eigenvalue weighted by atomic mass is 10.1. The molecule has 4 rings (SSSR count). The Hall–Kier alpha value is -3.12. The number of aryl methyl sites for hydroxylation is 2. The summed E-state index contributed by atoms with van der Waals surface area (Å²) in [5.74, 6) is 0.227. The minimum absolute atomic E-state index is 0.00390. The van der Waals surface area contributed by atoms with Gasteiger partial charge in [0.15, 0.2) is 17.7 Å². The molecule has 1 fully saturated rings. The Morgan fingerprint density at radius 1 is 1.26 bits per heavy atom. The standard InChI is InChI=1S/C23H31N7O4/c1-14-4-3-5-15(10-14)6-7-17(31)25-8-9-29(2)11-16-19(32)20(33)23(34-16)30-13-28-18-21(24)26-12-27-22(18)30/h3-5,10,12-13,16,19-20,23,32-33H,6-9,11H2,1-2H3,(H,25,31)(H2,24,26,27)/t16-,19-,20-,23-/m1/s1. The van der Waals surface area contributed by atoms with Crippen LogP contribution in [0.3, 0.4) is 0 Å².